The fraction of sp³-hybridized carbons (Fsp3) is 0.0455. The number of nitrogens with zero attached hydrogens (tertiary/aromatic N) is 3. The van der Waals surface area contributed by atoms with Crippen molar-refractivity contribution in [1.29, 1.82) is 0 Å². The van der Waals surface area contributed by atoms with E-state index in [1.54, 1.807) is 18.2 Å². The number of azo groups is 1. The van der Waals surface area contributed by atoms with Crippen LogP contribution in [0.2, 0.25) is 0 Å². The van der Waals surface area contributed by atoms with Gasteiger partial charge in [-0.2, -0.15) is 0 Å². The van der Waals surface area contributed by atoms with Gasteiger partial charge in [0.1, 0.15) is 4.83 Å². The number of fused-ring (bicyclic) bond motifs is 2. The third kappa shape index (κ3) is 3.81. The second kappa shape index (κ2) is 8.40. The summed E-state index contributed by atoms with van der Waals surface area (Å²) in [5.74, 6) is -0.727. The molecule has 0 spiro atoms. The van der Waals surface area contributed by atoms with Crippen LogP contribution in [0.1, 0.15) is 0 Å². The van der Waals surface area contributed by atoms with E-state index in [9.17, 15) is 14.7 Å². The first-order valence-corrected chi connectivity index (χ1v) is 11.4. The maximum atomic E-state index is 12.7. The van der Waals surface area contributed by atoms with Crippen LogP contribution >= 0.6 is 23.1 Å². The van der Waals surface area contributed by atoms with Crippen LogP contribution in [0.3, 0.4) is 0 Å². The van der Waals surface area contributed by atoms with Crippen LogP contribution in [0.15, 0.2) is 80.2 Å². The second-order valence-electron chi connectivity index (χ2n) is 6.82. The first kappa shape index (κ1) is 20.2. The Kier molecular flexibility index (Phi) is 5.29. The molecule has 0 aliphatic heterocycles. The lowest BCUT2D eigenvalue weighted by Gasteiger charge is -2.01. The lowest BCUT2D eigenvalue weighted by atomic mass is 10.1. The number of rotatable bonds is 5. The first-order chi connectivity index (χ1) is 15.6. The largest absolute Gasteiger partial charge is 0.493 e. The Hall–Kier alpha value is -3.76. The van der Waals surface area contributed by atoms with E-state index < -0.39 is 5.91 Å². The third-order valence-electron chi connectivity index (χ3n) is 4.76. The minimum atomic E-state index is -0.515. The number of thiophene rings is 1. The van der Waals surface area contributed by atoms with Crippen molar-refractivity contribution in [2.75, 3.05) is 5.75 Å². The minimum Gasteiger partial charge on any atom is -0.493 e. The Labute approximate surface area is 189 Å². The lowest BCUT2D eigenvalue weighted by molar-refractivity contribution is -0.115. The number of H-pyrrole nitrogens is 2. The molecule has 8 nitrogen and oxygen atoms in total. The molecule has 0 atom stereocenters. The van der Waals surface area contributed by atoms with Gasteiger partial charge in [-0.05, 0) is 11.6 Å². The zero-order chi connectivity index (χ0) is 22.1. The van der Waals surface area contributed by atoms with Gasteiger partial charge in [0.2, 0.25) is 5.88 Å². The highest BCUT2D eigenvalue weighted by Gasteiger charge is 2.14. The second-order valence-corrected chi connectivity index (χ2v) is 8.64. The molecule has 0 radical (unpaired) electrons. The molecule has 2 aromatic carbocycles. The van der Waals surface area contributed by atoms with Gasteiger partial charge >= 0.3 is 0 Å². The standard InChI is InChI=1S/C22H15N5O3S2/c28-16(26-27-18-13-8-4-5-9-15(13)23-20(18)30)11-32-22-24-19(29)17-14(10-31-21(17)25-22)12-6-2-1-3-7-12/h1-10,23,30H,11H2,(H,24,25,29). The number of aromatic nitrogens is 3. The maximum Gasteiger partial charge on any atom is 0.275 e. The minimum absolute atomic E-state index is 0.0576. The Morgan fingerprint density at radius 2 is 1.88 bits per heavy atom. The van der Waals surface area contributed by atoms with E-state index in [-0.39, 0.29) is 22.9 Å². The van der Waals surface area contributed by atoms with Gasteiger partial charge in [0.05, 0.1) is 16.7 Å². The number of aromatic hydroxyl groups is 1. The Balaban J connectivity index is 1.33. The van der Waals surface area contributed by atoms with E-state index in [0.29, 0.717) is 26.3 Å². The van der Waals surface area contributed by atoms with E-state index in [0.717, 1.165) is 22.9 Å². The molecule has 10 heteroatoms. The summed E-state index contributed by atoms with van der Waals surface area (Å²) in [6.07, 6.45) is 0. The van der Waals surface area contributed by atoms with Gasteiger partial charge in [-0.3, -0.25) is 9.59 Å². The van der Waals surface area contributed by atoms with Crippen molar-refractivity contribution >= 4 is 55.8 Å². The van der Waals surface area contributed by atoms with Gasteiger partial charge in [0.15, 0.2) is 10.8 Å². The summed E-state index contributed by atoms with van der Waals surface area (Å²) >= 11 is 2.45. The zero-order valence-electron chi connectivity index (χ0n) is 16.4. The zero-order valence-corrected chi connectivity index (χ0v) is 18.0. The Morgan fingerprint density at radius 3 is 2.72 bits per heavy atom. The van der Waals surface area contributed by atoms with Gasteiger partial charge in [-0.1, -0.05) is 60.3 Å². The number of thioether (sulfide) groups is 1. The van der Waals surface area contributed by atoms with Crippen LogP contribution in [-0.2, 0) is 4.79 Å². The molecular weight excluding hydrogens is 446 g/mol. The predicted octanol–water partition coefficient (Wildman–Crippen LogP) is 5.24. The highest BCUT2D eigenvalue weighted by molar-refractivity contribution is 7.99. The normalized spacial score (nSPS) is 11.6. The summed E-state index contributed by atoms with van der Waals surface area (Å²) in [6.45, 7) is 0. The van der Waals surface area contributed by atoms with Crippen LogP contribution < -0.4 is 5.56 Å². The van der Waals surface area contributed by atoms with E-state index in [1.165, 1.54) is 11.3 Å². The SMILES string of the molecule is O=C(CSc1nc2scc(-c3ccccc3)c2c(=O)[nH]1)N=Nc1c(O)[nH]c2ccccc12. The van der Waals surface area contributed by atoms with Crippen molar-refractivity contribution < 1.29 is 9.90 Å². The molecule has 0 aliphatic rings. The fourth-order valence-electron chi connectivity index (χ4n) is 3.31. The number of hydrogen-bond acceptors (Lipinski definition) is 7. The van der Waals surface area contributed by atoms with Crippen LogP contribution in [0, 0.1) is 0 Å². The molecule has 0 fully saturated rings. The molecule has 5 aromatic rings. The summed E-state index contributed by atoms with van der Waals surface area (Å²) in [5, 5.41) is 21.0. The number of nitrogens with one attached hydrogen (secondary N) is 2. The van der Waals surface area contributed by atoms with Crippen LogP contribution in [0.25, 0.3) is 32.2 Å². The molecular formula is C22H15N5O3S2. The molecule has 158 valence electrons. The van der Waals surface area contributed by atoms with Crippen LogP contribution in [0.5, 0.6) is 5.88 Å². The molecule has 0 bridgehead atoms. The summed E-state index contributed by atoms with van der Waals surface area (Å²) < 4.78 is 0. The number of hydrogen-bond donors (Lipinski definition) is 3. The van der Waals surface area contributed by atoms with E-state index in [1.807, 2.05) is 41.8 Å². The average Bonchev–Trinajstić information content (AvgIpc) is 3.37. The van der Waals surface area contributed by atoms with E-state index in [2.05, 4.69) is 25.2 Å². The summed E-state index contributed by atoms with van der Waals surface area (Å²) in [7, 11) is 0. The summed E-state index contributed by atoms with van der Waals surface area (Å²) in [5.41, 5.74) is 2.43. The number of benzene rings is 2. The number of carbonyl (C=O) groups is 1. The van der Waals surface area contributed by atoms with Gasteiger partial charge in [0, 0.05) is 16.3 Å². The maximum absolute atomic E-state index is 12.7. The third-order valence-corrected chi connectivity index (χ3v) is 6.49. The topological polar surface area (TPSA) is 124 Å². The highest BCUT2D eigenvalue weighted by Crippen LogP contribution is 2.35. The quantitative estimate of drug-likeness (QED) is 0.188. The first-order valence-electron chi connectivity index (χ1n) is 9.54. The van der Waals surface area contributed by atoms with Gasteiger partial charge in [-0.15, -0.1) is 21.6 Å². The molecule has 0 unspecified atom stereocenters. The Bertz CT molecular complexity index is 1540. The average molecular weight is 462 g/mol. The summed E-state index contributed by atoms with van der Waals surface area (Å²) in [4.78, 5) is 35.5. The van der Waals surface area contributed by atoms with Crippen LogP contribution in [-0.4, -0.2) is 31.7 Å². The van der Waals surface area contributed by atoms with Gasteiger partial charge in [-0.25, -0.2) is 4.98 Å². The fourth-order valence-corrected chi connectivity index (χ4v) is 4.95. The van der Waals surface area contributed by atoms with Crippen LogP contribution in [0.4, 0.5) is 5.69 Å². The number of para-hydroxylation sites is 1. The molecule has 5 rings (SSSR count). The van der Waals surface area contributed by atoms with Crippen molar-refractivity contribution in [3.05, 3.63) is 70.3 Å². The van der Waals surface area contributed by atoms with Crippen molar-refractivity contribution in [2.45, 2.75) is 5.16 Å². The molecule has 1 amide bonds. The molecule has 3 heterocycles. The predicted molar refractivity (Wildman–Crippen MR) is 126 cm³/mol. The van der Waals surface area contributed by atoms with Crippen molar-refractivity contribution in [2.24, 2.45) is 10.2 Å². The Morgan fingerprint density at radius 1 is 1.09 bits per heavy atom. The van der Waals surface area contributed by atoms with Gasteiger partial charge in [0.25, 0.3) is 11.5 Å². The monoisotopic (exact) mass is 461 g/mol. The number of aromatic amines is 2. The van der Waals surface area contributed by atoms with Crippen molar-refractivity contribution in [3.63, 3.8) is 0 Å². The number of carbonyl (C=O) groups excluding carboxylic acids is 1. The molecule has 0 aliphatic carbocycles. The molecule has 32 heavy (non-hydrogen) atoms. The smallest absolute Gasteiger partial charge is 0.275 e. The lowest BCUT2D eigenvalue weighted by Crippen LogP contribution is -2.09. The number of amides is 1. The molecule has 3 N–H and O–H groups in total. The van der Waals surface area contributed by atoms with E-state index in [4.69, 9.17) is 0 Å². The molecule has 0 saturated carbocycles. The van der Waals surface area contributed by atoms with Gasteiger partial charge < -0.3 is 15.1 Å². The van der Waals surface area contributed by atoms with Crippen molar-refractivity contribution in [3.8, 4) is 17.0 Å². The van der Waals surface area contributed by atoms with Crippen molar-refractivity contribution in [1.82, 2.24) is 15.0 Å². The van der Waals surface area contributed by atoms with E-state index >= 15 is 0 Å². The molecule has 0 saturated heterocycles. The highest BCUT2D eigenvalue weighted by atomic mass is 32.2. The summed E-state index contributed by atoms with van der Waals surface area (Å²) in [6, 6.07) is 16.8. The molecule has 3 aromatic heterocycles.